The summed E-state index contributed by atoms with van der Waals surface area (Å²) >= 11 is 0. The monoisotopic (exact) mass is 335 g/mol. The molecule has 0 aliphatic carbocycles. The third-order valence-electron chi connectivity index (χ3n) is 4.24. The SMILES string of the molecule is CC(NC(=O)C(C)C1CNC1)c1ncc(-c2ccccc2)o1.Cl. The molecule has 6 heteroatoms. The van der Waals surface area contributed by atoms with Crippen LogP contribution in [-0.2, 0) is 4.79 Å². The van der Waals surface area contributed by atoms with Gasteiger partial charge in [0.1, 0.15) is 6.04 Å². The van der Waals surface area contributed by atoms with Crippen LogP contribution in [-0.4, -0.2) is 24.0 Å². The number of nitrogens with one attached hydrogen (secondary N) is 2. The van der Waals surface area contributed by atoms with E-state index in [1.807, 2.05) is 44.2 Å². The van der Waals surface area contributed by atoms with Gasteiger partial charge in [0.25, 0.3) is 0 Å². The summed E-state index contributed by atoms with van der Waals surface area (Å²) < 4.78 is 5.77. The number of hydrogen-bond donors (Lipinski definition) is 2. The number of aromatic nitrogens is 1. The van der Waals surface area contributed by atoms with E-state index in [1.54, 1.807) is 6.20 Å². The van der Waals surface area contributed by atoms with Crippen molar-refractivity contribution in [3.8, 4) is 11.3 Å². The largest absolute Gasteiger partial charge is 0.438 e. The Morgan fingerprint density at radius 2 is 2.00 bits per heavy atom. The van der Waals surface area contributed by atoms with Gasteiger partial charge in [0.05, 0.1) is 6.20 Å². The Morgan fingerprint density at radius 3 is 2.61 bits per heavy atom. The van der Waals surface area contributed by atoms with Crippen LogP contribution in [0.25, 0.3) is 11.3 Å². The van der Waals surface area contributed by atoms with Crippen LogP contribution in [0.5, 0.6) is 0 Å². The Morgan fingerprint density at radius 1 is 1.30 bits per heavy atom. The van der Waals surface area contributed by atoms with Gasteiger partial charge in [-0.3, -0.25) is 4.79 Å². The molecule has 124 valence electrons. The minimum atomic E-state index is -0.236. The van der Waals surface area contributed by atoms with Crippen molar-refractivity contribution in [1.29, 1.82) is 0 Å². The molecule has 0 bridgehead atoms. The fraction of sp³-hybridized carbons (Fsp3) is 0.412. The standard InChI is InChI=1S/C17H21N3O2.ClH/c1-11(14-8-18-9-14)16(21)20-12(2)17-19-10-15(22-17)13-6-4-3-5-7-13;/h3-7,10-12,14,18H,8-9H2,1-2H3,(H,20,21);1H. The lowest BCUT2D eigenvalue weighted by molar-refractivity contribution is -0.127. The first-order valence-corrected chi connectivity index (χ1v) is 7.67. The van der Waals surface area contributed by atoms with Gasteiger partial charge in [-0.05, 0) is 25.9 Å². The van der Waals surface area contributed by atoms with Crippen LogP contribution >= 0.6 is 12.4 Å². The average molecular weight is 336 g/mol. The third kappa shape index (κ3) is 3.92. The average Bonchev–Trinajstić information content (AvgIpc) is 2.96. The van der Waals surface area contributed by atoms with Crippen molar-refractivity contribution < 1.29 is 9.21 Å². The Balaban J connectivity index is 0.00000192. The molecule has 1 aromatic carbocycles. The summed E-state index contributed by atoms with van der Waals surface area (Å²) in [7, 11) is 0. The lowest BCUT2D eigenvalue weighted by atomic mass is 9.88. The van der Waals surface area contributed by atoms with Gasteiger partial charge in [0.2, 0.25) is 11.8 Å². The minimum Gasteiger partial charge on any atom is -0.438 e. The van der Waals surface area contributed by atoms with E-state index >= 15 is 0 Å². The second-order valence-electron chi connectivity index (χ2n) is 5.87. The third-order valence-corrected chi connectivity index (χ3v) is 4.24. The molecule has 2 aromatic rings. The van der Waals surface area contributed by atoms with Crippen LogP contribution in [0.15, 0.2) is 40.9 Å². The summed E-state index contributed by atoms with van der Waals surface area (Å²) in [5.41, 5.74) is 0.980. The van der Waals surface area contributed by atoms with E-state index in [0.717, 1.165) is 18.7 Å². The Hall–Kier alpha value is -1.85. The molecule has 0 spiro atoms. The molecule has 23 heavy (non-hydrogen) atoms. The molecule has 1 amide bonds. The zero-order chi connectivity index (χ0) is 15.5. The maximum absolute atomic E-state index is 12.2. The highest BCUT2D eigenvalue weighted by molar-refractivity contribution is 5.85. The van der Waals surface area contributed by atoms with Crippen LogP contribution in [0.2, 0.25) is 0 Å². The number of carbonyl (C=O) groups is 1. The van der Waals surface area contributed by atoms with Crippen LogP contribution in [0.1, 0.15) is 25.8 Å². The highest BCUT2D eigenvalue weighted by Gasteiger charge is 2.29. The number of carbonyl (C=O) groups excluding carboxylic acids is 1. The zero-order valence-corrected chi connectivity index (χ0v) is 14.1. The van der Waals surface area contributed by atoms with Crippen LogP contribution in [0.4, 0.5) is 0 Å². The molecule has 2 atom stereocenters. The first-order chi connectivity index (χ1) is 10.6. The van der Waals surface area contributed by atoms with E-state index in [0.29, 0.717) is 17.6 Å². The minimum absolute atomic E-state index is 0. The second kappa shape index (κ2) is 7.62. The Kier molecular flexibility index (Phi) is 5.80. The summed E-state index contributed by atoms with van der Waals surface area (Å²) in [4.78, 5) is 16.5. The predicted octanol–water partition coefficient (Wildman–Crippen LogP) is 2.80. The molecule has 1 saturated heterocycles. The maximum atomic E-state index is 12.2. The van der Waals surface area contributed by atoms with Gasteiger partial charge in [-0.25, -0.2) is 4.98 Å². The van der Waals surface area contributed by atoms with Gasteiger partial charge < -0.3 is 15.1 Å². The van der Waals surface area contributed by atoms with Crippen LogP contribution in [0, 0.1) is 11.8 Å². The van der Waals surface area contributed by atoms with Crippen molar-refractivity contribution in [3.05, 3.63) is 42.4 Å². The van der Waals surface area contributed by atoms with Crippen molar-refractivity contribution in [2.24, 2.45) is 11.8 Å². The highest BCUT2D eigenvalue weighted by Crippen LogP contribution is 2.23. The lowest BCUT2D eigenvalue weighted by Gasteiger charge is -2.32. The number of oxazole rings is 1. The van der Waals surface area contributed by atoms with E-state index in [2.05, 4.69) is 15.6 Å². The van der Waals surface area contributed by atoms with Crippen molar-refractivity contribution in [3.63, 3.8) is 0 Å². The van der Waals surface area contributed by atoms with Gasteiger partial charge in [-0.1, -0.05) is 37.3 Å². The van der Waals surface area contributed by atoms with Crippen LogP contribution < -0.4 is 10.6 Å². The molecule has 1 aromatic heterocycles. The van der Waals surface area contributed by atoms with Crippen molar-refractivity contribution in [1.82, 2.24) is 15.6 Å². The first-order valence-electron chi connectivity index (χ1n) is 7.67. The van der Waals surface area contributed by atoms with E-state index < -0.39 is 0 Å². The number of rotatable bonds is 5. The number of hydrogen-bond acceptors (Lipinski definition) is 4. The van der Waals surface area contributed by atoms with Crippen LogP contribution in [0.3, 0.4) is 0 Å². The Bertz CT molecular complexity index is 640. The van der Waals surface area contributed by atoms with Gasteiger partial charge in [0.15, 0.2) is 5.76 Å². The van der Waals surface area contributed by atoms with E-state index in [9.17, 15) is 4.79 Å². The van der Waals surface area contributed by atoms with Crippen molar-refractivity contribution in [2.45, 2.75) is 19.9 Å². The fourth-order valence-electron chi connectivity index (χ4n) is 2.51. The smallest absolute Gasteiger partial charge is 0.223 e. The fourth-order valence-corrected chi connectivity index (χ4v) is 2.51. The van der Waals surface area contributed by atoms with Gasteiger partial charge in [-0.15, -0.1) is 12.4 Å². The number of halogens is 1. The zero-order valence-electron chi connectivity index (χ0n) is 13.3. The number of nitrogens with zero attached hydrogens (tertiary/aromatic N) is 1. The molecule has 2 N–H and O–H groups in total. The summed E-state index contributed by atoms with van der Waals surface area (Å²) in [5.74, 6) is 1.74. The number of amides is 1. The first kappa shape index (κ1) is 17.5. The highest BCUT2D eigenvalue weighted by atomic mass is 35.5. The maximum Gasteiger partial charge on any atom is 0.223 e. The summed E-state index contributed by atoms with van der Waals surface area (Å²) in [6.45, 7) is 5.70. The van der Waals surface area contributed by atoms with E-state index in [1.165, 1.54) is 0 Å². The summed E-state index contributed by atoms with van der Waals surface area (Å²) in [5, 5.41) is 6.18. The van der Waals surface area contributed by atoms with Crippen molar-refractivity contribution >= 4 is 18.3 Å². The Labute approximate surface area is 142 Å². The van der Waals surface area contributed by atoms with Gasteiger partial charge in [0, 0.05) is 11.5 Å². The molecule has 0 radical (unpaired) electrons. The predicted molar refractivity (Wildman–Crippen MR) is 91.3 cm³/mol. The summed E-state index contributed by atoms with van der Waals surface area (Å²) in [6, 6.07) is 9.58. The molecular formula is C17H22ClN3O2. The summed E-state index contributed by atoms with van der Waals surface area (Å²) in [6.07, 6.45) is 1.70. The van der Waals surface area contributed by atoms with Gasteiger partial charge in [-0.2, -0.15) is 0 Å². The van der Waals surface area contributed by atoms with Crippen molar-refractivity contribution in [2.75, 3.05) is 13.1 Å². The van der Waals surface area contributed by atoms with E-state index in [4.69, 9.17) is 4.42 Å². The normalized spacial score (nSPS) is 16.8. The molecule has 1 fully saturated rings. The second-order valence-corrected chi connectivity index (χ2v) is 5.87. The molecule has 2 unspecified atom stereocenters. The quantitative estimate of drug-likeness (QED) is 0.881. The molecule has 1 aliphatic rings. The number of benzene rings is 1. The molecule has 2 heterocycles. The molecule has 3 rings (SSSR count). The van der Waals surface area contributed by atoms with E-state index in [-0.39, 0.29) is 30.3 Å². The topological polar surface area (TPSA) is 67.2 Å². The molecule has 1 aliphatic heterocycles. The molecule has 5 nitrogen and oxygen atoms in total. The lowest BCUT2D eigenvalue weighted by Crippen LogP contribution is -2.49. The molecule has 0 saturated carbocycles. The molecular weight excluding hydrogens is 314 g/mol. The van der Waals surface area contributed by atoms with Gasteiger partial charge >= 0.3 is 0 Å².